The Morgan fingerprint density at radius 1 is 1.13 bits per heavy atom. The number of aromatic nitrogens is 4. The maximum Gasteiger partial charge on any atom is 0.247 e. The van der Waals surface area contributed by atoms with Crippen LogP contribution in [0.1, 0.15) is 19.3 Å². The first-order valence-electron chi connectivity index (χ1n) is 9.83. The summed E-state index contributed by atoms with van der Waals surface area (Å²) in [7, 11) is 3.19. The van der Waals surface area contributed by atoms with Crippen molar-refractivity contribution >= 4 is 23.1 Å². The van der Waals surface area contributed by atoms with Gasteiger partial charge in [-0.05, 0) is 19.3 Å². The lowest BCUT2D eigenvalue weighted by molar-refractivity contribution is -0.00541. The first-order chi connectivity index (χ1) is 14.5. The second kappa shape index (κ2) is 8.33. The number of rotatable bonds is 7. The molecule has 1 aromatic carbocycles. The fourth-order valence-corrected chi connectivity index (χ4v) is 3.68. The summed E-state index contributed by atoms with van der Waals surface area (Å²) in [6.07, 6.45) is 4.96. The molecule has 0 spiro atoms. The van der Waals surface area contributed by atoms with E-state index in [0.29, 0.717) is 61.3 Å². The molecule has 10 nitrogen and oxygen atoms in total. The van der Waals surface area contributed by atoms with E-state index in [1.165, 1.54) is 0 Å². The predicted molar refractivity (Wildman–Crippen MR) is 112 cm³/mol. The molecule has 0 bridgehead atoms. The van der Waals surface area contributed by atoms with Gasteiger partial charge in [0.15, 0.2) is 11.5 Å². The van der Waals surface area contributed by atoms with Crippen molar-refractivity contribution in [1.29, 1.82) is 0 Å². The van der Waals surface area contributed by atoms with Crippen LogP contribution in [0.4, 0.5) is 17.5 Å². The summed E-state index contributed by atoms with van der Waals surface area (Å²) in [5, 5.41) is 27.4. The van der Waals surface area contributed by atoms with Crippen molar-refractivity contribution in [1.82, 2.24) is 19.6 Å². The first kappa shape index (κ1) is 20.2. The number of anilines is 3. The summed E-state index contributed by atoms with van der Waals surface area (Å²) in [4.78, 5) is 11.2. The normalized spacial score (nSPS) is 15.9. The van der Waals surface area contributed by atoms with Crippen LogP contribution < -0.4 is 19.7 Å². The highest BCUT2D eigenvalue weighted by molar-refractivity contribution is 5.67. The number of hydrogen-bond donors (Lipinski definition) is 3. The molecular weight excluding hydrogens is 388 g/mol. The maximum absolute atomic E-state index is 10.5. The van der Waals surface area contributed by atoms with Crippen molar-refractivity contribution in [3.63, 3.8) is 0 Å². The third-order valence-corrected chi connectivity index (χ3v) is 5.41. The number of aliphatic hydroxyl groups excluding tert-OH is 1. The van der Waals surface area contributed by atoms with Crippen LogP contribution >= 0.6 is 0 Å². The predicted octanol–water partition coefficient (Wildman–Crippen LogP) is 1.60. The molecule has 0 radical (unpaired) electrons. The molecule has 3 aromatic rings. The molecule has 160 valence electrons. The Hall–Kier alpha value is -3.11. The molecule has 0 aliphatic carbocycles. The van der Waals surface area contributed by atoms with Crippen molar-refractivity contribution in [2.75, 3.05) is 44.1 Å². The fraction of sp³-hybridized carbons (Fsp3) is 0.450. The SMILES string of the molecule is COc1cc(Nc2nc3c(N4CCC(O)(CCO)CC4)nccn3n2)cc(OC)c1. The number of methoxy groups -OCH3 is 2. The molecule has 10 heteroatoms. The molecule has 1 aliphatic heterocycles. The van der Waals surface area contributed by atoms with Crippen molar-refractivity contribution in [2.45, 2.75) is 24.9 Å². The minimum absolute atomic E-state index is 0.0153. The minimum Gasteiger partial charge on any atom is -0.497 e. The molecule has 0 atom stereocenters. The van der Waals surface area contributed by atoms with Gasteiger partial charge in [0, 0.05) is 56.0 Å². The standard InChI is InChI=1S/C20H26N6O4/c1-29-15-11-14(12-16(13-15)30-2)22-19-23-18-17(21-6-9-26(18)24-19)25-7-3-20(28,4-8-25)5-10-27/h6,9,11-13,27-28H,3-5,7-8,10H2,1-2H3,(H,22,24). The Balaban J connectivity index is 1.57. The Morgan fingerprint density at radius 3 is 2.47 bits per heavy atom. The fourth-order valence-electron chi connectivity index (χ4n) is 3.68. The van der Waals surface area contributed by atoms with E-state index in [2.05, 4.69) is 25.3 Å². The number of nitrogens with zero attached hydrogens (tertiary/aromatic N) is 5. The number of aliphatic hydroxyl groups is 2. The van der Waals surface area contributed by atoms with Gasteiger partial charge in [0.05, 0.1) is 19.8 Å². The molecule has 0 unspecified atom stereocenters. The third kappa shape index (κ3) is 4.10. The Labute approximate surface area is 174 Å². The number of hydrogen-bond acceptors (Lipinski definition) is 9. The van der Waals surface area contributed by atoms with E-state index in [1.807, 2.05) is 12.1 Å². The summed E-state index contributed by atoms with van der Waals surface area (Å²) in [6, 6.07) is 5.46. The smallest absolute Gasteiger partial charge is 0.247 e. The Morgan fingerprint density at radius 2 is 1.83 bits per heavy atom. The van der Waals surface area contributed by atoms with Crippen LogP contribution in [0.2, 0.25) is 0 Å². The zero-order chi connectivity index (χ0) is 21.1. The second-order valence-electron chi connectivity index (χ2n) is 7.37. The quantitative estimate of drug-likeness (QED) is 0.530. The number of nitrogens with one attached hydrogen (secondary N) is 1. The van der Waals surface area contributed by atoms with Gasteiger partial charge in [-0.15, -0.1) is 5.10 Å². The van der Waals surface area contributed by atoms with Crippen LogP contribution in [0.25, 0.3) is 5.65 Å². The Kier molecular flexibility index (Phi) is 5.60. The van der Waals surface area contributed by atoms with E-state index < -0.39 is 5.60 Å². The van der Waals surface area contributed by atoms with E-state index in [-0.39, 0.29) is 6.61 Å². The Bertz CT molecular complexity index is 993. The molecule has 3 heterocycles. The summed E-state index contributed by atoms with van der Waals surface area (Å²) in [5.41, 5.74) is 0.549. The number of fused-ring (bicyclic) bond motifs is 1. The molecule has 1 fully saturated rings. The maximum atomic E-state index is 10.5. The number of piperidine rings is 1. The average Bonchev–Trinajstić information content (AvgIpc) is 3.16. The number of ether oxygens (including phenoxy) is 2. The molecule has 30 heavy (non-hydrogen) atoms. The molecule has 0 amide bonds. The third-order valence-electron chi connectivity index (χ3n) is 5.41. The van der Waals surface area contributed by atoms with Gasteiger partial charge >= 0.3 is 0 Å². The summed E-state index contributed by atoms with van der Waals surface area (Å²) in [5.74, 6) is 2.46. The average molecular weight is 414 g/mol. The van der Waals surface area contributed by atoms with Crippen molar-refractivity contribution in [3.8, 4) is 11.5 Å². The highest BCUT2D eigenvalue weighted by Crippen LogP contribution is 2.30. The molecule has 4 rings (SSSR count). The van der Waals surface area contributed by atoms with E-state index in [0.717, 1.165) is 5.69 Å². The van der Waals surface area contributed by atoms with Crippen LogP contribution in [0, 0.1) is 0 Å². The van der Waals surface area contributed by atoms with Crippen LogP contribution in [0.5, 0.6) is 11.5 Å². The van der Waals surface area contributed by atoms with E-state index in [1.54, 1.807) is 37.2 Å². The monoisotopic (exact) mass is 414 g/mol. The second-order valence-corrected chi connectivity index (χ2v) is 7.37. The minimum atomic E-state index is -0.817. The van der Waals surface area contributed by atoms with E-state index in [9.17, 15) is 5.11 Å². The van der Waals surface area contributed by atoms with E-state index >= 15 is 0 Å². The lowest BCUT2D eigenvalue weighted by Crippen LogP contribution is -2.45. The van der Waals surface area contributed by atoms with Crippen LogP contribution in [-0.4, -0.2) is 69.3 Å². The lowest BCUT2D eigenvalue weighted by atomic mass is 9.88. The molecule has 3 N–H and O–H groups in total. The van der Waals surface area contributed by atoms with Crippen molar-refractivity contribution in [2.24, 2.45) is 0 Å². The zero-order valence-electron chi connectivity index (χ0n) is 17.1. The number of benzene rings is 1. The van der Waals surface area contributed by atoms with Gasteiger partial charge in [-0.25, -0.2) is 9.50 Å². The zero-order valence-corrected chi connectivity index (χ0v) is 17.1. The van der Waals surface area contributed by atoms with Crippen LogP contribution in [0.3, 0.4) is 0 Å². The summed E-state index contributed by atoms with van der Waals surface area (Å²) < 4.78 is 12.3. The molecule has 1 saturated heterocycles. The highest BCUT2D eigenvalue weighted by atomic mass is 16.5. The van der Waals surface area contributed by atoms with Gasteiger partial charge in [0.2, 0.25) is 5.95 Å². The first-order valence-corrected chi connectivity index (χ1v) is 9.83. The lowest BCUT2D eigenvalue weighted by Gasteiger charge is -2.38. The van der Waals surface area contributed by atoms with Gasteiger partial charge in [-0.2, -0.15) is 4.98 Å². The summed E-state index contributed by atoms with van der Waals surface area (Å²) >= 11 is 0. The molecular formula is C20H26N6O4. The van der Waals surface area contributed by atoms with Gasteiger partial charge < -0.3 is 29.9 Å². The van der Waals surface area contributed by atoms with Crippen molar-refractivity contribution in [3.05, 3.63) is 30.6 Å². The molecule has 1 aliphatic rings. The van der Waals surface area contributed by atoms with Crippen LogP contribution in [-0.2, 0) is 0 Å². The topological polar surface area (TPSA) is 117 Å². The van der Waals surface area contributed by atoms with Gasteiger partial charge in [-0.1, -0.05) is 0 Å². The van der Waals surface area contributed by atoms with Crippen molar-refractivity contribution < 1.29 is 19.7 Å². The highest BCUT2D eigenvalue weighted by Gasteiger charge is 2.33. The molecule has 0 saturated carbocycles. The largest absolute Gasteiger partial charge is 0.497 e. The molecule has 2 aromatic heterocycles. The van der Waals surface area contributed by atoms with Gasteiger partial charge in [0.1, 0.15) is 11.5 Å². The van der Waals surface area contributed by atoms with Gasteiger partial charge in [0.25, 0.3) is 0 Å². The van der Waals surface area contributed by atoms with E-state index in [4.69, 9.17) is 14.6 Å². The van der Waals surface area contributed by atoms with Gasteiger partial charge in [-0.3, -0.25) is 0 Å². The van der Waals surface area contributed by atoms with Crippen LogP contribution in [0.15, 0.2) is 30.6 Å². The summed E-state index contributed by atoms with van der Waals surface area (Å²) in [6.45, 7) is 1.25.